The standard InChI is InChI=1S/C12H19BrN2O2S/c1-8-10(14)5-9(13)6-11(8)18(16,17)15-7-12(2,3)4/h5-6,15H,7,14H2,1-4H3. The Kier molecular flexibility index (Phi) is 4.46. The first-order chi connectivity index (χ1) is 8.03. The van der Waals surface area contributed by atoms with E-state index in [2.05, 4.69) is 20.7 Å². The Morgan fingerprint density at radius 1 is 1.33 bits per heavy atom. The average Bonchev–Trinajstić information content (AvgIpc) is 2.19. The maximum Gasteiger partial charge on any atom is 0.240 e. The van der Waals surface area contributed by atoms with Gasteiger partial charge in [0.1, 0.15) is 0 Å². The summed E-state index contributed by atoms with van der Waals surface area (Å²) in [7, 11) is -3.53. The molecule has 0 saturated carbocycles. The molecule has 0 fully saturated rings. The third kappa shape index (κ3) is 3.96. The molecule has 0 saturated heterocycles. The van der Waals surface area contributed by atoms with Crippen LogP contribution in [0.25, 0.3) is 0 Å². The maximum atomic E-state index is 12.2. The lowest BCUT2D eigenvalue weighted by atomic mass is 9.98. The van der Waals surface area contributed by atoms with Gasteiger partial charge in [0.25, 0.3) is 0 Å². The first kappa shape index (κ1) is 15.5. The van der Waals surface area contributed by atoms with Crippen molar-refractivity contribution in [2.24, 2.45) is 5.41 Å². The van der Waals surface area contributed by atoms with Crippen LogP contribution < -0.4 is 10.5 Å². The second-order valence-electron chi connectivity index (χ2n) is 5.50. The minimum atomic E-state index is -3.53. The van der Waals surface area contributed by atoms with E-state index >= 15 is 0 Å². The first-order valence-corrected chi connectivity index (χ1v) is 7.86. The van der Waals surface area contributed by atoms with Crippen molar-refractivity contribution in [1.29, 1.82) is 0 Å². The van der Waals surface area contributed by atoms with Gasteiger partial charge in [-0.2, -0.15) is 0 Å². The monoisotopic (exact) mass is 334 g/mol. The Bertz CT molecular complexity index is 548. The molecule has 0 radical (unpaired) electrons. The lowest BCUT2D eigenvalue weighted by Gasteiger charge is -2.19. The summed E-state index contributed by atoms with van der Waals surface area (Å²) in [6.45, 7) is 7.99. The fourth-order valence-electron chi connectivity index (χ4n) is 1.34. The molecule has 18 heavy (non-hydrogen) atoms. The molecule has 0 aliphatic carbocycles. The quantitative estimate of drug-likeness (QED) is 0.834. The van der Waals surface area contributed by atoms with Crippen LogP contribution in [0.15, 0.2) is 21.5 Å². The van der Waals surface area contributed by atoms with Gasteiger partial charge < -0.3 is 5.73 Å². The maximum absolute atomic E-state index is 12.2. The Labute approximate surface area is 117 Å². The third-order valence-electron chi connectivity index (χ3n) is 2.45. The van der Waals surface area contributed by atoms with Crippen molar-refractivity contribution in [2.45, 2.75) is 32.6 Å². The molecule has 0 unspecified atom stereocenters. The molecule has 0 bridgehead atoms. The number of hydrogen-bond acceptors (Lipinski definition) is 3. The van der Waals surface area contributed by atoms with E-state index in [4.69, 9.17) is 5.73 Å². The molecule has 6 heteroatoms. The average molecular weight is 335 g/mol. The molecule has 0 heterocycles. The van der Waals surface area contributed by atoms with Crippen LogP contribution in [0, 0.1) is 12.3 Å². The van der Waals surface area contributed by atoms with Crippen LogP contribution in [-0.2, 0) is 10.0 Å². The molecule has 0 spiro atoms. The van der Waals surface area contributed by atoms with Gasteiger partial charge in [0.2, 0.25) is 10.0 Å². The summed E-state index contributed by atoms with van der Waals surface area (Å²) >= 11 is 3.26. The van der Waals surface area contributed by atoms with E-state index in [0.717, 1.165) is 0 Å². The second-order valence-corrected chi connectivity index (χ2v) is 8.15. The van der Waals surface area contributed by atoms with E-state index in [-0.39, 0.29) is 10.3 Å². The molecule has 0 atom stereocenters. The molecule has 1 rings (SSSR count). The van der Waals surface area contributed by atoms with E-state index in [1.807, 2.05) is 20.8 Å². The zero-order valence-corrected chi connectivity index (χ0v) is 13.4. The van der Waals surface area contributed by atoms with Gasteiger partial charge in [-0.3, -0.25) is 0 Å². The van der Waals surface area contributed by atoms with E-state index in [0.29, 0.717) is 22.3 Å². The van der Waals surface area contributed by atoms with Crippen molar-refractivity contribution in [3.63, 3.8) is 0 Å². The Balaban J connectivity index is 3.13. The molecule has 1 aromatic carbocycles. The summed E-state index contributed by atoms with van der Waals surface area (Å²) in [4.78, 5) is 0.221. The van der Waals surface area contributed by atoms with Crippen LogP contribution in [0.3, 0.4) is 0 Å². The molecular formula is C12H19BrN2O2S. The fourth-order valence-corrected chi connectivity index (χ4v) is 3.55. The number of nitrogens with one attached hydrogen (secondary N) is 1. The summed E-state index contributed by atoms with van der Waals surface area (Å²) in [6.07, 6.45) is 0. The van der Waals surface area contributed by atoms with Crippen LogP contribution in [0.2, 0.25) is 0 Å². The lowest BCUT2D eigenvalue weighted by molar-refractivity contribution is 0.407. The number of sulfonamides is 1. The molecule has 1 aromatic rings. The molecular weight excluding hydrogens is 316 g/mol. The summed E-state index contributed by atoms with van der Waals surface area (Å²) in [6, 6.07) is 3.26. The predicted octanol–water partition coefficient (Wildman–Crippen LogP) is 2.66. The highest BCUT2D eigenvalue weighted by atomic mass is 79.9. The van der Waals surface area contributed by atoms with Gasteiger partial charge in [-0.15, -0.1) is 0 Å². The fraction of sp³-hybridized carbons (Fsp3) is 0.500. The molecule has 4 nitrogen and oxygen atoms in total. The van der Waals surface area contributed by atoms with E-state index in [1.165, 1.54) is 0 Å². The van der Waals surface area contributed by atoms with Crippen molar-refractivity contribution in [3.05, 3.63) is 22.2 Å². The van der Waals surface area contributed by atoms with Crippen LogP contribution in [0.5, 0.6) is 0 Å². The molecule has 0 aliphatic rings. The highest BCUT2D eigenvalue weighted by Crippen LogP contribution is 2.26. The van der Waals surface area contributed by atoms with Crippen LogP contribution in [0.4, 0.5) is 5.69 Å². The van der Waals surface area contributed by atoms with Crippen molar-refractivity contribution < 1.29 is 8.42 Å². The summed E-state index contributed by atoms with van der Waals surface area (Å²) in [5, 5.41) is 0. The number of benzene rings is 1. The van der Waals surface area contributed by atoms with Gasteiger partial charge in [0.05, 0.1) is 4.90 Å². The number of rotatable bonds is 3. The smallest absolute Gasteiger partial charge is 0.240 e. The molecule has 102 valence electrons. The van der Waals surface area contributed by atoms with Crippen molar-refractivity contribution >= 4 is 31.6 Å². The molecule has 0 aromatic heterocycles. The number of nitrogens with two attached hydrogens (primary N) is 1. The van der Waals surface area contributed by atoms with Gasteiger partial charge >= 0.3 is 0 Å². The summed E-state index contributed by atoms with van der Waals surface area (Å²) in [5.74, 6) is 0. The Morgan fingerprint density at radius 3 is 2.39 bits per heavy atom. The minimum absolute atomic E-state index is 0.113. The Morgan fingerprint density at radius 2 is 1.89 bits per heavy atom. The number of nitrogen functional groups attached to an aromatic ring is 1. The topological polar surface area (TPSA) is 72.2 Å². The molecule has 3 N–H and O–H groups in total. The highest BCUT2D eigenvalue weighted by Gasteiger charge is 2.21. The largest absolute Gasteiger partial charge is 0.398 e. The molecule has 0 amide bonds. The van der Waals surface area contributed by atoms with Crippen LogP contribution in [0.1, 0.15) is 26.3 Å². The Hall–Kier alpha value is -0.590. The van der Waals surface area contributed by atoms with Crippen LogP contribution >= 0.6 is 15.9 Å². The SMILES string of the molecule is Cc1c(N)cc(Br)cc1S(=O)(=O)NCC(C)(C)C. The van der Waals surface area contributed by atoms with E-state index in [9.17, 15) is 8.42 Å². The van der Waals surface area contributed by atoms with Gasteiger partial charge in [-0.25, -0.2) is 13.1 Å². The number of halogens is 1. The van der Waals surface area contributed by atoms with Gasteiger partial charge in [-0.1, -0.05) is 36.7 Å². The zero-order chi connectivity index (χ0) is 14.1. The minimum Gasteiger partial charge on any atom is -0.398 e. The predicted molar refractivity (Wildman–Crippen MR) is 77.9 cm³/mol. The van der Waals surface area contributed by atoms with Crippen LogP contribution in [-0.4, -0.2) is 15.0 Å². The molecule has 0 aliphatic heterocycles. The van der Waals surface area contributed by atoms with Crippen molar-refractivity contribution in [1.82, 2.24) is 4.72 Å². The normalized spacial score (nSPS) is 12.7. The third-order valence-corrected chi connectivity index (χ3v) is 4.43. The van der Waals surface area contributed by atoms with Crippen molar-refractivity contribution in [3.8, 4) is 0 Å². The summed E-state index contributed by atoms with van der Waals surface area (Å²) in [5.41, 5.74) is 6.69. The van der Waals surface area contributed by atoms with Gasteiger partial charge in [-0.05, 0) is 30.0 Å². The van der Waals surface area contributed by atoms with E-state index in [1.54, 1.807) is 19.1 Å². The summed E-state index contributed by atoms with van der Waals surface area (Å²) < 4.78 is 27.7. The second kappa shape index (κ2) is 5.19. The van der Waals surface area contributed by atoms with Crippen molar-refractivity contribution in [2.75, 3.05) is 12.3 Å². The van der Waals surface area contributed by atoms with E-state index < -0.39 is 10.0 Å². The first-order valence-electron chi connectivity index (χ1n) is 5.58. The number of anilines is 1. The highest BCUT2D eigenvalue weighted by molar-refractivity contribution is 9.10. The zero-order valence-electron chi connectivity index (χ0n) is 11.0. The lowest BCUT2D eigenvalue weighted by Crippen LogP contribution is -2.32. The van der Waals surface area contributed by atoms with Gasteiger partial charge in [0.15, 0.2) is 0 Å². The number of hydrogen-bond donors (Lipinski definition) is 2. The van der Waals surface area contributed by atoms with Gasteiger partial charge in [0, 0.05) is 16.7 Å².